The van der Waals surface area contributed by atoms with Crippen LogP contribution in [0.2, 0.25) is 0 Å². The van der Waals surface area contributed by atoms with Gasteiger partial charge in [0.05, 0.1) is 26.4 Å². The van der Waals surface area contributed by atoms with Crippen LogP contribution in [0, 0.1) is 0 Å². The second kappa shape index (κ2) is 12.3. The number of rotatable bonds is 8. The zero-order chi connectivity index (χ0) is 32.7. The van der Waals surface area contributed by atoms with Crippen molar-refractivity contribution >= 4 is 34.6 Å². The summed E-state index contributed by atoms with van der Waals surface area (Å²) in [6.45, 7) is 3.16. The number of benzene rings is 3. The number of methoxy groups -OCH3 is 2. The van der Waals surface area contributed by atoms with Crippen molar-refractivity contribution in [3.05, 3.63) is 41.5 Å². The molecule has 3 aromatic rings. The Kier molecular flexibility index (Phi) is 8.21. The van der Waals surface area contributed by atoms with Crippen LogP contribution in [-0.4, -0.2) is 76.1 Å². The molecule has 3 heterocycles. The molecule has 0 saturated carbocycles. The predicted octanol–water partition coefficient (Wildman–Crippen LogP) is 3.45. The van der Waals surface area contributed by atoms with Crippen LogP contribution in [0.4, 0.5) is 0 Å². The molecule has 14 heteroatoms. The average Bonchev–Trinajstić information content (AvgIpc) is 3.64. The molecule has 46 heavy (non-hydrogen) atoms. The smallest absolute Gasteiger partial charge is 0.339 e. The molecule has 0 N–H and O–H groups in total. The number of fused-ring (bicyclic) bond motifs is 3. The van der Waals surface area contributed by atoms with Gasteiger partial charge in [0.25, 0.3) is 0 Å². The van der Waals surface area contributed by atoms with Gasteiger partial charge in [-0.2, -0.15) is 0 Å². The first kappa shape index (κ1) is 30.8. The summed E-state index contributed by atoms with van der Waals surface area (Å²) in [7, 11) is 2.96. The Morgan fingerprint density at radius 3 is 2.09 bits per heavy atom. The van der Waals surface area contributed by atoms with E-state index in [1.165, 1.54) is 28.1 Å². The summed E-state index contributed by atoms with van der Waals surface area (Å²) in [4.78, 5) is 49.6. The number of hydrogen-bond donors (Lipinski definition) is 0. The quantitative estimate of drug-likeness (QED) is 0.261. The minimum Gasteiger partial charge on any atom is -0.493 e. The van der Waals surface area contributed by atoms with Gasteiger partial charge in [-0.05, 0) is 35.2 Å². The molecule has 3 aliphatic rings. The molecule has 0 amide bonds. The third-order valence-corrected chi connectivity index (χ3v) is 7.62. The minimum atomic E-state index is -1.38. The van der Waals surface area contributed by atoms with Crippen LogP contribution in [0.3, 0.4) is 0 Å². The molecule has 1 fully saturated rings. The molecular formula is C32H30O14. The summed E-state index contributed by atoms with van der Waals surface area (Å²) in [6.07, 6.45) is -5.14. The fraction of sp³-hybridized carbons (Fsp3) is 0.375. The van der Waals surface area contributed by atoms with Crippen molar-refractivity contribution in [3.63, 3.8) is 0 Å². The Morgan fingerprint density at radius 2 is 1.41 bits per heavy atom. The van der Waals surface area contributed by atoms with E-state index in [2.05, 4.69) is 0 Å². The summed E-state index contributed by atoms with van der Waals surface area (Å²) in [6, 6.07) is 8.69. The highest BCUT2D eigenvalue weighted by Gasteiger charge is 2.49. The molecule has 0 aliphatic carbocycles. The van der Waals surface area contributed by atoms with Crippen molar-refractivity contribution in [1.82, 2.24) is 0 Å². The predicted molar refractivity (Wildman–Crippen MR) is 155 cm³/mol. The largest absolute Gasteiger partial charge is 0.493 e. The lowest BCUT2D eigenvalue weighted by Crippen LogP contribution is -2.59. The third kappa shape index (κ3) is 5.55. The fourth-order valence-corrected chi connectivity index (χ4v) is 5.82. The zero-order valence-corrected chi connectivity index (χ0v) is 25.5. The van der Waals surface area contributed by atoms with Crippen molar-refractivity contribution < 1.29 is 66.5 Å². The molecule has 1 saturated heterocycles. The molecule has 0 radical (unpaired) electrons. The summed E-state index contributed by atoms with van der Waals surface area (Å²) in [5.74, 6) is -0.746. The number of carbonyl (C=O) groups is 4. The summed E-state index contributed by atoms with van der Waals surface area (Å²) in [5, 5.41) is 0.997. The van der Waals surface area contributed by atoms with Gasteiger partial charge in [0, 0.05) is 37.3 Å². The maximum Gasteiger partial charge on any atom is 0.339 e. The molecule has 14 nitrogen and oxygen atoms in total. The molecule has 242 valence electrons. The Hall–Kier alpha value is -5.24. The fourth-order valence-electron chi connectivity index (χ4n) is 5.82. The second-order valence-electron chi connectivity index (χ2n) is 10.6. The van der Waals surface area contributed by atoms with E-state index in [0.29, 0.717) is 50.5 Å². The maximum absolute atomic E-state index is 13.4. The monoisotopic (exact) mass is 638 g/mol. The molecule has 6 rings (SSSR count). The van der Waals surface area contributed by atoms with Crippen molar-refractivity contribution in [3.8, 4) is 39.9 Å². The topological polar surface area (TPSA) is 161 Å². The van der Waals surface area contributed by atoms with Gasteiger partial charge in [0.15, 0.2) is 35.2 Å². The van der Waals surface area contributed by atoms with Crippen LogP contribution in [0.1, 0.15) is 36.7 Å². The first-order valence-corrected chi connectivity index (χ1v) is 14.2. The highest BCUT2D eigenvalue weighted by molar-refractivity contribution is 6.14. The zero-order valence-electron chi connectivity index (χ0n) is 25.5. The van der Waals surface area contributed by atoms with Crippen molar-refractivity contribution in [2.75, 3.05) is 27.6 Å². The Morgan fingerprint density at radius 1 is 0.761 bits per heavy atom. The lowest BCUT2D eigenvalue weighted by Gasteiger charge is -2.40. The molecule has 0 aromatic heterocycles. The van der Waals surface area contributed by atoms with Crippen LogP contribution in [0.15, 0.2) is 30.3 Å². The lowest BCUT2D eigenvalue weighted by atomic mass is 9.89. The summed E-state index contributed by atoms with van der Waals surface area (Å²) in [5.41, 5.74) is 1.76. The van der Waals surface area contributed by atoms with Crippen molar-refractivity contribution in [1.29, 1.82) is 0 Å². The highest BCUT2D eigenvalue weighted by atomic mass is 16.7. The van der Waals surface area contributed by atoms with E-state index < -0.39 is 48.5 Å². The van der Waals surface area contributed by atoms with Gasteiger partial charge < -0.3 is 47.4 Å². The van der Waals surface area contributed by atoms with Crippen molar-refractivity contribution in [2.45, 2.75) is 52.0 Å². The number of ether oxygens (including phenoxy) is 10. The highest BCUT2D eigenvalue weighted by Crippen LogP contribution is 2.49. The molecule has 0 spiro atoms. The van der Waals surface area contributed by atoms with Crippen molar-refractivity contribution in [2.24, 2.45) is 0 Å². The third-order valence-electron chi connectivity index (χ3n) is 7.62. The number of carbonyl (C=O) groups excluding carboxylic acids is 4. The van der Waals surface area contributed by atoms with Gasteiger partial charge in [0.1, 0.15) is 12.4 Å². The molecule has 0 bridgehead atoms. The van der Waals surface area contributed by atoms with Crippen LogP contribution in [0.5, 0.6) is 28.7 Å². The molecule has 0 unspecified atom stereocenters. The van der Waals surface area contributed by atoms with Gasteiger partial charge in [-0.15, -0.1) is 0 Å². The van der Waals surface area contributed by atoms with Crippen LogP contribution >= 0.6 is 0 Å². The van der Waals surface area contributed by atoms with Gasteiger partial charge >= 0.3 is 23.9 Å². The van der Waals surface area contributed by atoms with Gasteiger partial charge in [-0.1, -0.05) is 6.07 Å². The second-order valence-corrected chi connectivity index (χ2v) is 10.6. The standard InChI is InChI=1S/C32H30O14/c1-14(33)43-25-12-40-32(30(45-16(3)35)29(25)44-15(2)34)46-28-19-10-23(38-5)22(37-4)9-18(19)26(27-20(28)11-39-31(27)36)17-6-7-21-24(8-17)42-13-41-21/h6-10,25,29-30,32H,11-13H2,1-5H3/t25-,29-,30+,32-/m1/s1. The van der Waals surface area contributed by atoms with E-state index in [0.717, 1.165) is 6.92 Å². The molecule has 4 atom stereocenters. The van der Waals surface area contributed by atoms with Crippen LogP contribution < -0.4 is 23.7 Å². The SMILES string of the molecule is COc1cc2c(O[C@H]3OC[C@@H](OC(C)=O)[C@@H](OC(C)=O)[C@@H]3OC(C)=O)c3c(c(-c4ccc5c(c4)OCO5)c2cc1OC)C(=O)OC3. The number of hydrogen-bond acceptors (Lipinski definition) is 14. The molecule has 3 aliphatic heterocycles. The van der Waals surface area contributed by atoms with E-state index in [1.54, 1.807) is 30.3 Å². The minimum absolute atomic E-state index is 0.0645. The van der Waals surface area contributed by atoms with Gasteiger partial charge in [0.2, 0.25) is 19.2 Å². The van der Waals surface area contributed by atoms with E-state index in [4.69, 9.17) is 47.4 Å². The molecule has 3 aromatic carbocycles. The summed E-state index contributed by atoms with van der Waals surface area (Å²) < 4.78 is 56.6. The van der Waals surface area contributed by atoms with Crippen LogP contribution in [-0.2, 0) is 44.7 Å². The van der Waals surface area contributed by atoms with Gasteiger partial charge in [-0.3, -0.25) is 14.4 Å². The van der Waals surface area contributed by atoms with E-state index in [1.807, 2.05) is 0 Å². The first-order chi connectivity index (χ1) is 22.1. The first-order valence-electron chi connectivity index (χ1n) is 14.2. The lowest BCUT2D eigenvalue weighted by molar-refractivity contribution is -0.259. The number of esters is 4. The Balaban J connectivity index is 1.54. The molecular weight excluding hydrogens is 608 g/mol. The Labute approximate surface area is 262 Å². The van der Waals surface area contributed by atoms with E-state index in [9.17, 15) is 19.2 Å². The van der Waals surface area contributed by atoms with Crippen LogP contribution in [0.25, 0.3) is 21.9 Å². The Bertz CT molecular complexity index is 1750. The number of cyclic esters (lactones) is 1. The normalized spacial score (nSPS) is 21.2. The van der Waals surface area contributed by atoms with E-state index >= 15 is 0 Å². The van der Waals surface area contributed by atoms with E-state index in [-0.39, 0.29) is 31.3 Å². The maximum atomic E-state index is 13.4. The summed E-state index contributed by atoms with van der Waals surface area (Å²) >= 11 is 0. The van der Waals surface area contributed by atoms with Gasteiger partial charge in [-0.25, -0.2) is 4.79 Å². The average molecular weight is 639 g/mol.